The van der Waals surface area contributed by atoms with E-state index in [9.17, 15) is 14.4 Å². The van der Waals surface area contributed by atoms with Gasteiger partial charge in [0.25, 0.3) is 11.8 Å². The fourth-order valence-corrected chi connectivity index (χ4v) is 5.20. The minimum atomic E-state index is -0.204. The second kappa shape index (κ2) is 12.2. The SMILES string of the molecule is O=CNCCC1CCN(C(=O)c2ccc(NC(=O)c3ccccc3-c3ccccc3)cc2)c2ccccc2C1. The number of carbonyl (C=O) groups excluding carboxylic acids is 3. The summed E-state index contributed by atoms with van der Waals surface area (Å²) >= 11 is 0. The summed E-state index contributed by atoms with van der Waals surface area (Å²) in [7, 11) is 0. The van der Waals surface area contributed by atoms with Crippen LogP contribution in [0.5, 0.6) is 0 Å². The zero-order valence-corrected chi connectivity index (χ0v) is 21.7. The van der Waals surface area contributed by atoms with Crippen molar-refractivity contribution in [1.82, 2.24) is 5.32 Å². The lowest BCUT2D eigenvalue weighted by atomic mass is 9.94. The summed E-state index contributed by atoms with van der Waals surface area (Å²) in [4.78, 5) is 39.3. The van der Waals surface area contributed by atoms with Crippen LogP contribution in [0.15, 0.2) is 103 Å². The molecule has 1 aliphatic rings. The van der Waals surface area contributed by atoms with Crippen molar-refractivity contribution in [3.63, 3.8) is 0 Å². The van der Waals surface area contributed by atoms with Crippen molar-refractivity contribution < 1.29 is 14.4 Å². The number of benzene rings is 4. The highest BCUT2D eigenvalue weighted by atomic mass is 16.2. The van der Waals surface area contributed by atoms with Gasteiger partial charge in [-0.3, -0.25) is 14.4 Å². The molecule has 5 rings (SSSR count). The van der Waals surface area contributed by atoms with Crippen molar-refractivity contribution in [2.24, 2.45) is 5.92 Å². The predicted octanol–water partition coefficient (Wildman–Crippen LogP) is 5.95. The molecule has 4 aromatic carbocycles. The van der Waals surface area contributed by atoms with Gasteiger partial charge in [0.1, 0.15) is 0 Å². The van der Waals surface area contributed by atoms with Crippen molar-refractivity contribution in [1.29, 1.82) is 0 Å². The largest absolute Gasteiger partial charge is 0.359 e. The van der Waals surface area contributed by atoms with Crippen LogP contribution in [0, 0.1) is 5.92 Å². The lowest BCUT2D eigenvalue weighted by Gasteiger charge is -2.23. The average molecular weight is 518 g/mol. The van der Waals surface area contributed by atoms with Gasteiger partial charge in [-0.1, -0.05) is 66.7 Å². The number of anilines is 2. The monoisotopic (exact) mass is 517 g/mol. The number of rotatable bonds is 8. The third-order valence-electron chi connectivity index (χ3n) is 7.22. The van der Waals surface area contributed by atoms with Gasteiger partial charge in [0.15, 0.2) is 0 Å². The second-order valence-electron chi connectivity index (χ2n) is 9.75. The summed E-state index contributed by atoms with van der Waals surface area (Å²) in [5.74, 6) is 0.110. The van der Waals surface area contributed by atoms with Gasteiger partial charge in [-0.25, -0.2) is 0 Å². The molecule has 2 N–H and O–H groups in total. The Kier molecular flexibility index (Phi) is 8.12. The summed E-state index contributed by atoms with van der Waals surface area (Å²) in [5.41, 5.74) is 5.69. The third-order valence-corrected chi connectivity index (χ3v) is 7.22. The normalized spacial score (nSPS) is 14.6. The smallest absolute Gasteiger partial charge is 0.258 e. The first-order chi connectivity index (χ1) is 19.1. The van der Waals surface area contributed by atoms with Crippen LogP contribution in [0.3, 0.4) is 0 Å². The quantitative estimate of drug-likeness (QED) is 0.224. The summed E-state index contributed by atoms with van der Waals surface area (Å²) in [6, 6.07) is 32.5. The predicted molar refractivity (Wildman–Crippen MR) is 155 cm³/mol. The molecule has 0 saturated heterocycles. The molecule has 0 saturated carbocycles. The van der Waals surface area contributed by atoms with Crippen LogP contribution in [-0.4, -0.2) is 31.3 Å². The highest BCUT2D eigenvalue weighted by molar-refractivity contribution is 6.09. The van der Waals surface area contributed by atoms with Gasteiger partial charge in [0, 0.05) is 35.6 Å². The number of fused-ring (bicyclic) bond motifs is 1. The van der Waals surface area contributed by atoms with E-state index >= 15 is 0 Å². The molecule has 1 unspecified atom stereocenters. The number of nitrogens with one attached hydrogen (secondary N) is 2. The van der Waals surface area contributed by atoms with E-state index in [1.807, 2.05) is 77.7 Å². The first-order valence-electron chi connectivity index (χ1n) is 13.3. The number of nitrogens with zero attached hydrogens (tertiary/aromatic N) is 1. The summed E-state index contributed by atoms with van der Waals surface area (Å²) in [5, 5.41) is 5.72. The molecular formula is C33H31N3O3. The number of para-hydroxylation sites is 1. The van der Waals surface area contributed by atoms with Crippen LogP contribution in [0.4, 0.5) is 11.4 Å². The topological polar surface area (TPSA) is 78.5 Å². The molecule has 3 amide bonds. The highest BCUT2D eigenvalue weighted by Crippen LogP contribution is 2.31. The lowest BCUT2D eigenvalue weighted by Crippen LogP contribution is -2.32. The minimum absolute atomic E-state index is 0.0681. The molecule has 1 aliphatic heterocycles. The van der Waals surface area contributed by atoms with Gasteiger partial charge in [-0.2, -0.15) is 0 Å². The molecule has 0 aromatic heterocycles. The molecule has 196 valence electrons. The summed E-state index contributed by atoms with van der Waals surface area (Å²) < 4.78 is 0. The maximum atomic E-state index is 13.6. The van der Waals surface area contributed by atoms with Gasteiger partial charge in [-0.15, -0.1) is 0 Å². The molecule has 0 fully saturated rings. The fourth-order valence-electron chi connectivity index (χ4n) is 5.20. The first kappa shape index (κ1) is 25.9. The summed E-state index contributed by atoms with van der Waals surface area (Å²) in [6.07, 6.45) is 3.33. The molecule has 6 nitrogen and oxygen atoms in total. The van der Waals surface area contributed by atoms with Gasteiger partial charge in [0.2, 0.25) is 6.41 Å². The van der Waals surface area contributed by atoms with Crippen LogP contribution in [0.1, 0.15) is 39.1 Å². The van der Waals surface area contributed by atoms with E-state index in [1.54, 1.807) is 24.3 Å². The van der Waals surface area contributed by atoms with E-state index in [1.165, 1.54) is 0 Å². The zero-order chi connectivity index (χ0) is 27.0. The molecule has 0 bridgehead atoms. The Hall–Kier alpha value is -4.71. The molecule has 0 radical (unpaired) electrons. The standard InChI is InChI=1S/C33H31N3O3/c37-23-34-20-18-24-19-21-36(31-13-7-4-10-27(31)22-24)33(39)26-14-16-28(17-15-26)35-32(38)30-12-6-5-11-29(30)25-8-2-1-3-9-25/h1-17,23-24H,18-22H2,(H,34,37)(H,35,38). The van der Waals surface area contributed by atoms with Gasteiger partial charge in [-0.05, 0) is 78.3 Å². The van der Waals surface area contributed by atoms with Crippen LogP contribution in [0.25, 0.3) is 11.1 Å². The van der Waals surface area contributed by atoms with Crippen LogP contribution in [-0.2, 0) is 11.2 Å². The van der Waals surface area contributed by atoms with E-state index in [0.29, 0.717) is 35.8 Å². The van der Waals surface area contributed by atoms with Crippen LogP contribution in [0.2, 0.25) is 0 Å². The van der Waals surface area contributed by atoms with Crippen molar-refractivity contribution in [2.45, 2.75) is 19.3 Å². The highest BCUT2D eigenvalue weighted by Gasteiger charge is 2.26. The third kappa shape index (κ3) is 6.07. The van der Waals surface area contributed by atoms with E-state index < -0.39 is 0 Å². The van der Waals surface area contributed by atoms with E-state index in [2.05, 4.69) is 16.7 Å². The lowest BCUT2D eigenvalue weighted by molar-refractivity contribution is -0.109. The van der Waals surface area contributed by atoms with E-state index in [-0.39, 0.29) is 11.8 Å². The van der Waals surface area contributed by atoms with Crippen molar-refractivity contribution in [2.75, 3.05) is 23.3 Å². The molecular weight excluding hydrogens is 486 g/mol. The average Bonchev–Trinajstić information content (AvgIpc) is 3.17. The molecule has 1 heterocycles. The van der Waals surface area contributed by atoms with Crippen molar-refractivity contribution in [3.05, 3.63) is 120 Å². The van der Waals surface area contributed by atoms with Gasteiger partial charge >= 0.3 is 0 Å². The van der Waals surface area contributed by atoms with E-state index in [4.69, 9.17) is 0 Å². The maximum Gasteiger partial charge on any atom is 0.258 e. The Bertz CT molecular complexity index is 1450. The molecule has 0 aliphatic carbocycles. The molecule has 1 atom stereocenters. The van der Waals surface area contributed by atoms with E-state index in [0.717, 1.165) is 48.1 Å². The second-order valence-corrected chi connectivity index (χ2v) is 9.75. The molecule has 0 spiro atoms. The minimum Gasteiger partial charge on any atom is -0.359 e. The fraction of sp³-hybridized carbons (Fsp3) is 0.182. The van der Waals surface area contributed by atoms with Gasteiger partial charge in [0.05, 0.1) is 0 Å². The van der Waals surface area contributed by atoms with Crippen LogP contribution >= 0.6 is 0 Å². The number of hydrogen-bond acceptors (Lipinski definition) is 3. The van der Waals surface area contributed by atoms with Crippen LogP contribution < -0.4 is 15.5 Å². The Morgan fingerprint density at radius 3 is 2.36 bits per heavy atom. The number of carbonyl (C=O) groups is 3. The first-order valence-corrected chi connectivity index (χ1v) is 13.3. The Balaban J connectivity index is 1.31. The molecule has 39 heavy (non-hydrogen) atoms. The number of amides is 3. The Morgan fingerprint density at radius 2 is 1.56 bits per heavy atom. The van der Waals surface area contributed by atoms with Crippen molar-refractivity contribution in [3.8, 4) is 11.1 Å². The summed E-state index contributed by atoms with van der Waals surface area (Å²) in [6.45, 7) is 1.24. The Labute approximate surface area is 228 Å². The van der Waals surface area contributed by atoms with Crippen molar-refractivity contribution >= 4 is 29.6 Å². The molecule has 4 aromatic rings. The zero-order valence-electron chi connectivity index (χ0n) is 21.7. The maximum absolute atomic E-state index is 13.6. The number of hydrogen-bond donors (Lipinski definition) is 2. The van der Waals surface area contributed by atoms with Gasteiger partial charge < -0.3 is 15.5 Å². The Morgan fingerprint density at radius 1 is 0.846 bits per heavy atom. The molecule has 6 heteroatoms.